The summed E-state index contributed by atoms with van der Waals surface area (Å²) in [4.78, 5) is 0. The predicted octanol–water partition coefficient (Wildman–Crippen LogP) is 6.59. The van der Waals surface area contributed by atoms with Crippen molar-refractivity contribution in [3.8, 4) is 11.8 Å². The van der Waals surface area contributed by atoms with Gasteiger partial charge in [-0.2, -0.15) is 0 Å². The Bertz CT molecular complexity index is 546. The Hall–Kier alpha value is -1.29. The van der Waals surface area contributed by atoms with Gasteiger partial charge in [-0.05, 0) is 80.5 Å². The lowest BCUT2D eigenvalue weighted by atomic mass is 9.69. The fourth-order valence-corrected chi connectivity index (χ4v) is 4.81. The van der Waals surface area contributed by atoms with Crippen LogP contribution in [0.5, 0.6) is 0 Å². The van der Waals surface area contributed by atoms with Crippen molar-refractivity contribution in [3.63, 3.8) is 0 Å². The van der Waals surface area contributed by atoms with Crippen molar-refractivity contribution in [3.05, 3.63) is 35.6 Å². The Morgan fingerprint density at radius 3 is 2.04 bits per heavy atom. The van der Waals surface area contributed by atoms with Crippen molar-refractivity contribution in [2.24, 2.45) is 23.7 Å². The van der Waals surface area contributed by atoms with E-state index in [9.17, 15) is 4.39 Å². The summed E-state index contributed by atoms with van der Waals surface area (Å²) in [5, 5.41) is 0. The quantitative estimate of drug-likeness (QED) is 0.550. The third-order valence-electron chi connectivity index (χ3n) is 6.29. The summed E-state index contributed by atoms with van der Waals surface area (Å²) in [6, 6.07) is 6.55. The molecule has 2 saturated carbocycles. The smallest absolute Gasteiger partial charge is 0.123 e. The molecule has 0 atom stereocenters. The number of hydrogen-bond donors (Lipinski definition) is 0. The van der Waals surface area contributed by atoms with Gasteiger partial charge < -0.3 is 0 Å². The van der Waals surface area contributed by atoms with Crippen LogP contribution in [0, 0.1) is 41.3 Å². The minimum absolute atomic E-state index is 0.185. The molecule has 2 aliphatic carbocycles. The predicted molar refractivity (Wildman–Crippen MR) is 99.1 cm³/mol. The molecule has 2 fully saturated rings. The number of benzene rings is 1. The van der Waals surface area contributed by atoms with Gasteiger partial charge in [-0.25, -0.2) is 4.39 Å². The van der Waals surface area contributed by atoms with Crippen molar-refractivity contribution >= 4 is 0 Å². The molecule has 130 valence electrons. The van der Waals surface area contributed by atoms with Crippen LogP contribution in [0.4, 0.5) is 4.39 Å². The summed E-state index contributed by atoms with van der Waals surface area (Å²) in [7, 11) is 0. The summed E-state index contributed by atoms with van der Waals surface area (Å²) >= 11 is 0. The Morgan fingerprint density at radius 1 is 0.875 bits per heavy atom. The van der Waals surface area contributed by atoms with Crippen LogP contribution in [0.15, 0.2) is 24.3 Å². The van der Waals surface area contributed by atoms with Crippen molar-refractivity contribution < 1.29 is 4.39 Å². The second-order valence-electron chi connectivity index (χ2n) is 7.96. The van der Waals surface area contributed by atoms with Crippen molar-refractivity contribution in [2.45, 2.75) is 71.1 Å². The maximum atomic E-state index is 12.9. The molecule has 0 heterocycles. The minimum Gasteiger partial charge on any atom is -0.207 e. The maximum absolute atomic E-state index is 12.9. The van der Waals surface area contributed by atoms with Gasteiger partial charge in [0.1, 0.15) is 5.82 Å². The number of halogens is 1. The standard InChI is InChI=1S/C23H31F/c1-2-3-18-6-12-21(13-7-18)22-14-8-19(9-15-22)4-5-20-10-16-23(24)17-11-20/h10-11,16-19,21-22H,2-3,6-9,12-15H2,1H3. The highest BCUT2D eigenvalue weighted by molar-refractivity contribution is 5.34. The molecule has 24 heavy (non-hydrogen) atoms. The third-order valence-corrected chi connectivity index (χ3v) is 6.29. The molecule has 0 aromatic heterocycles. The minimum atomic E-state index is -0.185. The molecule has 1 aromatic rings. The van der Waals surface area contributed by atoms with Crippen LogP contribution in [0.2, 0.25) is 0 Å². The van der Waals surface area contributed by atoms with Crippen LogP contribution in [0.25, 0.3) is 0 Å². The normalized spacial score (nSPS) is 30.4. The first-order valence-electron chi connectivity index (χ1n) is 10.0. The van der Waals surface area contributed by atoms with E-state index < -0.39 is 0 Å². The van der Waals surface area contributed by atoms with Crippen LogP contribution < -0.4 is 0 Å². The molecule has 0 radical (unpaired) electrons. The van der Waals surface area contributed by atoms with Gasteiger partial charge in [-0.3, -0.25) is 0 Å². The molecule has 0 aliphatic heterocycles. The Labute approximate surface area is 147 Å². The number of rotatable bonds is 3. The summed E-state index contributed by atoms with van der Waals surface area (Å²) in [5.74, 6) is 9.99. The second kappa shape index (κ2) is 8.70. The van der Waals surface area contributed by atoms with E-state index in [2.05, 4.69) is 18.8 Å². The van der Waals surface area contributed by atoms with Gasteiger partial charge in [0.2, 0.25) is 0 Å². The van der Waals surface area contributed by atoms with Crippen LogP contribution in [-0.4, -0.2) is 0 Å². The molecule has 0 saturated heterocycles. The summed E-state index contributed by atoms with van der Waals surface area (Å²) in [5.41, 5.74) is 0.938. The molecule has 2 aliphatic rings. The van der Waals surface area contributed by atoms with E-state index in [0.29, 0.717) is 5.92 Å². The molecular formula is C23H31F. The van der Waals surface area contributed by atoms with Gasteiger partial charge in [0.15, 0.2) is 0 Å². The summed E-state index contributed by atoms with van der Waals surface area (Å²) < 4.78 is 12.9. The molecule has 0 nitrogen and oxygen atoms in total. The van der Waals surface area contributed by atoms with Crippen molar-refractivity contribution in [1.82, 2.24) is 0 Å². The summed E-state index contributed by atoms with van der Waals surface area (Å²) in [6.45, 7) is 2.32. The molecule has 0 N–H and O–H groups in total. The van der Waals surface area contributed by atoms with E-state index in [0.717, 1.165) is 23.3 Å². The topological polar surface area (TPSA) is 0 Å². The fourth-order valence-electron chi connectivity index (χ4n) is 4.81. The molecule has 0 amide bonds. The van der Waals surface area contributed by atoms with E-state index in [1.807, 2.05) is 0 Å². The SMILES string of the molecule is CCCC1CCC(C2CCC(C#Cc3ccc(F)cc3)CC2)CC1. The highest BCUT2D eigenvalue weighted by Gasteiger charge is 2.30. The molecule has 1 aromatic carbocycles. The molecule has 0 spiro atoms. The van der Waals surface area contributed by atoms with Crippen LogP contribution in [-0.2, 0) is 0 Å². The van der Waals surface area contributed by atoms with E-state index in [4.69, 9.17) is 0 Å². The molecular weight excluding hydrogens is 295 g/mol. The van der Waals surface area contributed by atoms with Crippen LogP contribution in [0.1, 0.15) is 76.7 Å². The van der Waals surface area contributed by atoms with Crippen molar-refractivity contribution in [1.29, 1.82) is 0 Å². The van der Waals surface area contributed by atoms with E-state index in [1.165, 1.54) is 76.3 Å². The highest BCUT2D eigenvalue weighted by atomic mass is 19.1. The molecule has 0 unspecified atom stereocenters. The highest BCUT2D eigenvalue weighted by Crippen LogP contribution is 2.42. The van der Waals surface area contributed by atoms with E-state index >= 15 is 0 Å². The van der Waals surface area contributed by atoms with Gasteiger partial charge in [-0.1, -0.05) is 44.4 Å². The van der Waals surface area contributed by atoms with E-state index in [-0.39, 0.29) is 5.82 Å². The van der Waals surface area contributed by atoms with Crippen LogP contribution in [0.3, 0.4) is 0 Å². The number of hydrogen-bond acceptors (Lipinski definition) is 0. The third kappa shape index (κ3) is 4.85. The molecule has 0 bridgehead atoms. The lowest BCUT2D eigenvalue weighted by Gasteiger charge is -2.37. The second-order valence-corrected chi connectivity index (χ2v) is 7.96. The first kappa shape index (κ1) is 17.5. The van der Waals surface area contributed by atoms with Gasteiger partial charge in [-0.15, -0.1) is 0 Å². The monoisotopic (exact) mass is 326 g/mol. The van der Waals surface area contributed by atoms with E-state index in [1.54, 1.807) is 12.1 Å². The van der Waals surface area contributed by atoms with Gasteiger partial charge in [0.25, 0.3) is 0 Å². The first-order valence-corrected chi connectivity index (χ1v) is 10.0. The zero-order valence-electron chi connectivity index (χ0n) is 15.1. The first-order chi connectivity index (χ1) is 11.7. The lowest BCUT2D eigenvalue weighted by molar-refractivity contribution is 0.154. The largest absolute Gasteiger partial charge is 0.207 e. The summed E-state index contributed by atoms with van der Waals surface area (Å²) in [6.07, 6.45) is 13.9. The maximum Gasteiger partial charge on any atom is 0.123 e. The Balaban J connectivity index is 1.44. The van der Waals surface area contributed by atoms with Crippen LogP contribution >= 0.6 is 0 Å². The Kier molecular flexibility index (Phi) is 6.36. The zero-order chi connectivity index (χ0) is 16.8. The van der Waals surface area contributed by atoms with Gasteiger partial charge >= 0.3 is 0 Å². The average Bonchev–Trinajstić information content (AvgIpc) is 2.63. The van der Waals surface area contributed by atoms with Crippen molar-refractivity contribution in [2.75, 3.05) is 0 Å². The molecule has 3 rings (SSSR count). The van der Waals surface area contributed by atoms with Gasteiger partial charge in [0, 0.05) is 11.5 Å². The zero-order valence-corrected chi connectivity index (χ0v) is 15.1. The Morgan fingerprint density at radius 2 is 1.46 bits per heavy atom. The van der Waals surface area contributed by atoms with Gasteiger partial charge in [0.05, 0.1) is 0 Å². The average molecular weight is 326 g/mol. The molecule has 1 heteroatoms. The fraction of sp³-hybridized carbons (Fsp3) is 0.652. The lowest BCUT2D eigenvalue weighted by Crippen LogP contribution is -2.25.